The minimum Gasteiger partial charge on any atom is -0.465 e. The van der Waals surface area contributed by atoms with Gasteiger partial charge in [-0.25, -0.2) is 13.2 Å². The summed E-state index contributed by atoms with van der Waals surface area (Å²) in [6, 6.07) is 8.68. The number of nitrogens with one attached hydrogen (secondary N) is 1. The molecule has 0 saturated heterocycles. The van der Waals surface area contributed by atoms with E-state index in [0.717, 1.165) is 6.42 Å². The maximum Gasteiger partial charge on any atom is 0.404 e. The number of benzene rings is 1. The molecule has 0 aliphatic heterocycles. The third kappa shape index (κ3) is 5.19. The summed E-state index contributed by atoms with van der Waals surface area (Å²) in [5.74, 6) is -0.272. The third-order valence-corrected chi connectivity index (χ3v) is 7.05. The Morgan fingerprint density at radius 1 is 1.28 bits per heavy atom. The molecule has 140 valence electrons. The second-order valence-electron chi connectivity index (χ2n) is 7.14. The largest absolute Gasteiger partial charge is 0.465 e. The number of amides is 1. The number of sulfone groups is 1. The van der Waals surface area contributed by atoms with Crippen molar-refractivity contribution in [3.8, 4) is 0 Å². The Hall–Kier alpha value is -1.60. The molecule has 6 nitrogen and oxygen atoms in total. The molecule has 0 bridgehead atoms. The summed E-state index contributed by atoms with van der Waals surface area (Å²) in [6.45, 7) is 4.22. The monoisotopic (exact) mass is 368 g/mol. The lowest BCUT2D eigenvalue weighted by Crippen LogP contribution is -2.50. The van der Waals surface area contributed by atoms with Crippen LogP contribution in [0, 0.1) is 5.92 Å². The summed E-state index contributed by atoms with van der Waals surface area (Å²) in [6.07, 6.45) is 1.10. The summed E-state index contributed by atoms with van der Waals surface area (Å²) in [7, 11) is -1.40. The molecule has 1 amide bonds. The van der Waals surface area contributed by atoms with Gasteiger partial charge in [0.2, 0.25) is 0 Å². The lowest BCUT2D eigenvalue weighted by Gasteiger charge is -2.41. The first-order valence-corrected chi connectivity index (χ1v) is 10.3. The minimum absolute atomic E-state index is 0.0373. The van der Waals surface area contributed by atoms with Gasteiger partial charge in [-0.2, -0.15) is 0 Å². The number of carboxylic acid groups (broad SMARTS) is 1. The Labute approximate surface area is 150 Å². The molecule has 1 aliphatic rings. The maximum absolute atomic E-state index is 12.8. The molecule has 1 saturated carbocycles. The summed E-state index contributed by atoms with van der Waals surface area (Å²) in [5.41, 5.74) is 0. The maximum atomic E-state index is 12.8. The van der Waals surface area contributed by atoms with E-state index in [4.69, 9.17) is 5.11 Å². The van der Waals surface area contributed by atoms with E-state index in [1.54, 1.807) is 30.3 Å². The topological polar surface area (TPSA) is 86.7 Å². The van der Waals surface area contributed by atoms with Gasteiger partial charge < -0.3 is 15.3 Å². The Balaban J connectivity index is 2.20. The molecule has 1 fully saturated rings. The first-order valence-electron chi connectivity index (χ1n) is 8.70. The van der Waals surface area contributed by atoms with Crippen molar-refractivity contribution in [3.63, 3.8) is 0 Å². The molecule has 0 unspecified atom stereocenters. The first kappa shape index (κ1) is 19.7. The molecule has 1 aliphatic carbocycles. The van der Waals surface area contributed by atoms with Crippen molar-refractivity contribution in [2.24, 2.45) is 5.92 Å². The Bertz CT molecular complexity index is 676. The van der Waals surface area contributed by atoms with Crippen LogP contribution in [0.15, 0.2) is 35.2 Å². The van der Waals surface area contributed by atoms with Crippen LogP contribution in [0.1, 0.15) is 33.1 Å². The highest BCUT2D eigenvalue weighted by molar-refractivity contribution is 7.91. The molecule has 1 aromatic rings. The molecule has 0 spiro atoms. The van der Waals surface area contributed by atoms with Gasteiger partial charge in [-0.1, -0.05) is 18.2 Å². The van der Waals surface area contributed by atoms with E-state index < -0.39 is 15.9 Å². The van der Waals surface area contributed by atoms with Gasteiger partial charge in [0.1, 0.15) is 0 Å². The fourth-order valence-corrected chi connectivity index (χ4v) is 5.27. The molecular formula is C18H28N2O4S. The molecule has 0 aromatic heterocycles. The van der Waals surface area contributed by atoms with Gasteiger partial charge >= 0.3 is 6.09 Å². The van der Waals surface area contributed by atoms with Crippen LogP contribution < -0.4 is 5.32 Å². The summed E-state index contributed by atoms with van der Waals surface area (Å²) >= 11 is 0. The standard InChI is InChI=1S/C18H28N2O4S/c1-13(2)20(3)15-9-10-17(19-18(21)22)14(11-15)12-25(23,24)16-7-5-4-6-8-16/h4-8,13-15,17,19H,9-12H2,1-3H3,(H,21,22)/t14-,15+,17-/m0/s1. The predicted molar refractivity (Wildman–Crippen MR) is 97.5 cm³/mol. The van der Waals surface area contributed by atoms with Crippen molar-refractivity contribution in [1.82, 2.24) is 10.2 Å². The van der Waals surface area contributed by atoms with Gasteiger partial charge in [0, 0.05) is 18.1 Å². The zero-order chi connectivity index (χ0) is 18.6. The third-order valence-electron chi connectivity index (χ3n) is 5.19. The van der Waals surface area contributed by atoms with Gasteiger partial charge in [0.05, 0.1) is 10.6 Å². The SMILES string of the molecule is CC(C)N(C)[C@@H]1CC[C@H](NC(=O)O)[C@H](CS(=O)(=O)c2ccccc2)C1. The zero-order valence-corrected chi connectivity index (χ0v) is 15.9. The fourth-order valence-electron chi connectivity index (χ4n) is 3.57. The number of carbonyl (C=O) groups is 1. The minimum atomic E-state index is -3.45. The zero-order valence-electron chi connectivity index (χ0n) is 15.1. The Kier molecular flexibility index (Phi) is 6.46. The van der Waals surface area contributed by atoms with Crippen LogP contribution in [0.5, 0.6) is 0 Å². The molecular weight excluding hydrogens is 340 g/mol. The highest BCUT2D eigenvalue weighted by Crippen LogP contribution is 2.31. The number of rotatable bonds is 6. The van der Waals surface area contributed by atoms with Crippen molar-refractivity contribution in [1.29, 1.82) is 0 Å². The van der Waals surface area contributed by atoms with Gasteiger partial charge in [-0.3, -0.25) is 0 Å². The second-order valence-corrected chi connectivity index (χ2v) is 9.17. The summed E-state index contributed by atoms with van der Waals surface area (Å²) < 4.78 is 25.5. The van der Waals surface area contributed by atoms with E-state index in [1.807, 2.05) is 7.05 Å². The molecule has 0 radical (unpaired) electrons. The quantitative estimate of drug-likeness (QED) is 0.806. The fraction of sp³-hybridized carbons (Fsp3) is 0.611. The molecule has 1 aromatic carbocycles. The lowest BCUT2D eigenvalue weighted by molar-refractivity contribution is 0.112. The van der Waals surface area contributed by atoms with Crippen LogP contribution >= 0.6 is 0 Å². The van der Waals surface area contributed by atoms with Crippen LogP contribution in [0.4, 0.5) is 4.79 Å². The molecule has 3 atom stereocenters. The number of hydrogen-bond acceptors (Lipinski definition) is 4. The van der Waals surface area contributed by atoms with Crippen molar-refractivity contribution in [2.75, 3.05) is 12.8 Å². The molecule has 2 rings (SSSR count). The van der Waals surface area contributed by atoms with Gasteiger partial charge in [-0.15, -0.1) is 0 Å². The molecule has 0 heterocycles. The van der Waals surface area contributed by atoms with E-state index in [1.165, 1.54) is 0 Å². The average Bonchev–Trinajstić information content (AvgIpc) is 2.56. The van der Waals surface area contributed by atoms with Crippen LogP contribution in [0.3, 0.4) is 0 Å². The van der Waals surface area contributed by atoms with E-state index in [-0.39, 0.29) is 23.8 Å². The Morgan fingerprint density at radius 2 is 1.92 bits per heavy atom. The van der Waals surface area contributed by atoms with Crippen molar-refractivity contribution in [2.45, 2.75) is 56.1 Å². The second kappa shape index (κ2) is 8.19. The Morgan fingerprint density at radius 3 is 2.48 bits per heavy atom. The molecule has 25 heavy (non-hydrogen) atoms. The van der Waals surface area contributed by atoms with E-state index in [9.17, 15) is 13.2 Å². The smallest absolute Gasteiger partial charge is 0.404 e. The normalized spacial score (nSPS) is 24.4. The van der Waals surface area contributed by atoms with Gasteiger partial charge in [0.15, 0.2) is 9.84 Å². The van der Waals surface area contributed by atoms with Gasteiger partial charge in [-0.05, 0) is 58.2 Å². The highest BCUT2D eigenvalue weighted by Gasteiger charge is 2.36. The lowest BCUT2D eigenvalue weighted by atomic mass is 9.81. The predicted octanol–water partition coefficient (Wildman–Crippen LogP) is 2.61. The summed E-state index contributed by atoms with van der Waals surface area (Å²) in [5, 5.41) is 11.6. The number of nitrogens with zero attached hydrogens (tertiary/aromatic N) is 1. The van der Waals surface area contributed by atoms with Crippen molar-refractivity contribution >= 4 is 15.9 Å². The van der Waals surface area contributed by atoms with Crippen LogP contribution in [0.25, 0.3) is 0 Å². The molecule has 2 N–H and O–H groups in total. The van der Waals surface area contributed by atoms with Crippen LogP contribution in [0.2, 0.25) is 0 Å². The average molecular weight is 368 g/mol. The highest BCUT2D eigenvalue weighted by atomic mass is 32.2. The molecule has 7 heteroatoms. The van der Waals surface area contributed by atoms with Crippen LogP contribution in [-0.4, -0.2) is 55.4 Å². The van der Waals surface area contributed by atoms with Crippen LogP contribution in [-0.2, 0) is 9.84 Å². The number of hydrogen-bond donors (Lipinski definition) is 2. The first-order chi connectivity index (χ1) is 11.7. The van der Waals surface area contributed by atoms with E-state index in [2.05, 4.69) is 24.1 Å². The summed E-state index contributed by atoms with van der Waals surface area (Å²) in [4.78, 5) is 13.6. The van der Waals surface area contributed by atoms with Crippen molar-refractivity contribution in [3.05, 3.63) is 30.3 Å². The van der Waals surface area contributed by atoms with Crippen molar-refractivity contribution < 1.29 is 18.3 Å². The van der Waals surface area contributed by atoms with Gasteiger partial charge in [0.25, 0.3) is 0 Å². The van der Waals surface area contributed by atoms with E-state index in [0.29, 0.717) is 23.8 Å². The van der Waals surface area contributed by atoms with E-state index >= 15 is 0 Å².